The standard InChI is InChI=1S/C32H46N2O5.CH4/c1-2-3-19-33-31(37)12-10-8-6-4-5-7-9-11-20-39-24-28-21-27-22-30(36)18-15-26(27)23-34(28)32(38)25-13-16-29(35)17-14-25;/h13-18,22,28,35-36H,2-12,19-21,23-24H2,1H3,(H,33,37);1H4. The summed E-state index contributed by atoms with van der Waals surface area (Å²) >= 11 is 0. The molecule has 40 heavy (non-hydrogen) atoms. The highest BCUT2D eigenvalue weighted by Gasteiger charge is 2.30. The number of phenolic OH excluding ortho intramolecular Hbond substituents is 2. The van der Waals surface area contributed by atoms with Gasteiger partial charge in [-0.3, -0.25) is 9.59 Å². The third kappa shape index (κ3) is 11.2. The van der Waals surface area contributed by atoms with Gasteiger partial charge in [0.15, 0.2) is 0 Å². The molecule has 0 radical (unpaired) electrons. The molecule has 0 spiro atoms. The fourth-order valence-corrected chi connectivity index (χ4v) is 5.05. The number of carbonyl (C=O) groups excluding carboxylic acids is 2. The van der Waals surface area contributed by atoms with Gasteiger partial charge in [-0.15, -0.1) is 0 Å². The number of fused-ring (bicyclic) bond motifs is 1. The van der Waals surface area contributed by atoms with E-state index in [1.54, 1.807) is 24.3 Å². The highest BCUT2D eigenvalue weighted by atomic mass is 16.5. The monoisotopic (exact) mass is 554 g/mol. The molecule has 7 nitrogen and oxygen atoms in total. The number of nitrogens with one attached hydrogen (secondary N) is 1. The molecule has 0 fully saturated rings. The van der Waals surface area contributed by atoms with Crippen molar-refractivity contribution in [2.24, 2.45) is 0 Å². The molecule has 2 aromatic rings. The Morgan fingerprint density at radius 3 is 2.23 bits per heavy atom. The van der Waals surface area contributed by atoms with Crippen molar-refractivity contribution in [3.8, 4) is 11.5 Å². The van der Waals surface area contributed by atoms with Gasteiger partial charge in [0.1, 0.15) is 11.5 Å². The maximum Gasteiger partial charge on any atom is 0.254 e. The van der Waals surface area contributed by atoms with Crippen LogP contribution in [-0.2, 0) is 22.5 Å². The van der Waals surface area contributed by atoms with Crippen LogP contribution in [0.15, 0.2) is 42.5 Å². The lowest BCUT2D eigenvalue weighted by Gasteiger charge is -2.37. The number of nitrogens with zero attached hydrogens (tertiary/aromatic N) is 1. The number of amides is 2. The predicted octanol–water partition coefficient (Wildman–Crippen LogP) is 6.74. The molecule has 0 saturated carbocycles. The van der Waals surface area contributed by atoms with Crippen molar-refractivity contribution < 1.29 is 24.5 Å². The summed E-state index contributed by atoms with van der Waals surface area (Å²) in [5.41, 5.74) is 2.62. The van der Waals surface area contributed by atoms with Crippen LogP contribution in [0.4, 0.5) is 0 Å². The zero-order valence-electron chi connectivity index (χ0n) is 23.5. The normalized spacial score (nSPS) is 14.3. The lowest BCUT2D eigenvalue weighted by Crippen LogP contribution is -2.46. The van der Waals surface area contributed by atoms with Crippen molar-refractivity contribution in [2.45, 2.75) is 104 Å². The van der Waals surface area contributed by atoms with Crippen molar-refractivity contribution in [2.75, 3.05) is 19.8 Å². The van der Waals surface area contributed by atoms with Crippen molar-refractivity contribution in [1.82, 2.24) is 10.2 Å². The van der Waals surface area contributed by atoms with Crippen LogP contribution in [0.5, 0.6) is 11.5 Å². The van der Waals surface area contributed by atoms with E-state index in [0.29, 0.717) is 38.2 Å². The molecular weight excluding hydrogens is 504 g/mol. The van der Waals surface area contributed by atoms with E-state index in [1.165, 1.54) is 37.8 Å². The molecule has 1 aliphatic rings. The highest BCUT2D eigenvalue weighted by Crippen LogP contribution is 2.28. The van der Waals surface area contributed by atoms with Gasteiger partial charge in [0.25, 0.3) is 5.91 Å². The summed E-state index contributed by atoms with van der Waals surface area (Å²) in [6.45, 7) is 4.51. The van der Waals surface area contributed by atoms with Gasteiger partial charge in [-0.05, 0) is 73.2 Å². The second-order valence-corrected chi connectivity index (χ2v) is 10.6. The fraction of sp³-hybridized carbons (Fsp3) is 0.576. The molecule has 0 saturated heterocycles. The molecule has 0 aromatic heterocycles. The molecule has 222 valence electrons. The van der Waals surface area contributed by atoms with E-state index in [1.807, 2.05) is 11.0 Å². The molecule has 7 heteroatoms. The van der Waals surface area contributed by atoms with E-state index in [9.17, 15) is 19.8 Å². The van der Waals surface area contributed by atoms with Gasteiger partial charge >= 0.3 is 0 Å². The van der Waals surface area contributed by atoms with Crippen LogP contribution < -0.4 is 5.32 Å². The fourth-order valence-electron chi connectivity index (χ4n) is 5.05. The van der Waals surface area contributed by atoms with E-state index >= 15 is 0 Å². The smallest absolute Gasteiger partial charge is 0.254 e. The topological polar surface area (TPSA) is 99.1 Å². The summed E-state index contributed by atoms with van der Waals surface area (Å²) < 4.78 is 6.04. The third-order valence-corrected chi connectivity index (χ3v) is 7.41. The zero-order chi connectivity index (χ0) is 27.9. The second-order valence-electron chi connectivity index (χ2n) is 10.6. The number of carbonyl (C=O) groups is 2. The molecule has 0 bridgehead atoms. The number of phenols is 2. The largest absolute Gasteiger partial charge is 0.508 e. The van der Waals surface area contributed by atoms with Crippen LogP contribution in [0.3, 0.4) is 0 Å². The number of hydrogen-bond acceptors (Lipinski definition) is 5. The molecule has 1 atom stereocenters. The minimum absolute atomic E-state index is 0. The van der Waals surface area contributed by atoms with Crippen molar-refractivity contribution in [3.05, 3.63) is 59.2 Å². The van der Waals surface area contributed by atoms with Crippen molar-refractivity contribution in [1.29, 1.82) is 0 Å². The molecule has 1 aliphatic heterocycles. The number of rotatable bonds is 17. The third-order valence-electron chi connectivity index (χ3n) is 7.41. The maximum absolute atomic E-state index is 13.3. The van der Waals surface area contributed by atoms with Gasteiger partial charge in [-0.1, -0.05) is 65.4 Å². The summed E-state index contributed by atoms with van der Waals surface area (Å²) in [6.07, 6.45) is 12.4. The van der Waals surface area contributed by atoms with E-state index in [4.69, 9.17) is 4.74 Å². The Labute approximate surface area is 240 Å². The average molecular weight is 555 g/mol. The number of unbranched alkanes of at least 4 members (excludes halogenated alkanes) is 8. The lowest BCUT2D eigenvalue weighted by molar-refractivity contribution is -0.121. The quantitative estimate of drug-likeness (QED) is 0.188. The summed E-state index contributed by atoms with van der Waals surface area (Å²) in [5, 5.41) is 22.5. The van der Waals surface area contributed by atoms with Gasteiger partial charge in [-0.25, -0.2) is 0 Å². The summed E-state index contributed by atoms with van der Waals surface area (Å²) in [6, 6.07) is 11.6. The Kier molecular flexibility index (Phi) is 15.2. The molecule has 1 heterocycles. The Balaban J connectivity index is 0.00000560. The van der Waals surface area contributed by atoms with Gasteiger partial charge < -0.3 is 25.2 Å². The maximum atomic E-state index is 13.3. The molecule has 1 unspecified atom stereocenters. The predicted molar refractivity (Wildman–Crippen MR) is 161 cm³/mol. The Bertz CT molecular complexity index is 1020. The van der Waals surface area contributed by atoms with Crippen LogP contribution >= 0.6 is 0 Å². The number of hydrogen-bond donors (Lipinski definition) is 3. The second kappa shape index (κ2) is 18.3. The van der Waals surface area contributed by atoms with Gasteiger partial charge in [0.2, 0.25) is 5.91 Å². The zero-order valence-corrected chi connectivity index (χ0v) is 23.5. The molecule has 2 amide bonds. The van der Waals surface area contributed by atoms with Crippen LogP contribution in [0.25, 0.3) is 0 Å². The summed E-state index contributed by atoms with van der Waals surface area (Å²) in [7, 11) is 0. The summed E-state index contributed by atoms with van der Waals surface area (Å²) in [5.74, 6) is 0.471. The minimum Gasteiger partial charge on any atom is -0.508 e. The van der Waals surface area contributed by atoms with Crippen molar-refractivity contribution in [3.63, 3.8) is 0 Å². The van der Waals surface area contributed by atoms with E-state index in [0.717, 1.165) is 56.2 Å². The van der Waals surface area contributed by atoms with Crippen LogP contribution in [0, 0.1) is 0 Å². The number of ether oxygens (including phenoxy) is 1. The van der Waals surface area contributed by atoms with Crippen molar-refractivity contribution >= 4 is 11.8 Å². The van der Waals surface area contributed by atoms with Crippen LogP contribution in [-0.4, -0.2) is 52.7 Å². The van der Waals surface area contributed by atoms with E-state index in [2.05, 4.69) is 12.2 Å². The molecular formula is C33H50N2O5. The van der Waals surface area contributed by atoms with Crippen LogP contribution in [0.1, 0.15) is 106 Å². The Hall–Kier alpha value is -3.06. The summed E-state index contributed by atoms with van der Waals surface area (Å²) in [4.78, 5) is 26.9. The first-order chi connectivity index (χ1) is 19.0. The van der Waals surface area contributed by atoms with Gasteiger partial charge in [0, 0.05) is 31.7 Å². The number of benzene rings is 2. The first-order valence-corrected chi connectivity index (χ1v) is 14.7. The minimum atomic E-state index is -0.116. The highest BCUT2D eigenvalue weighted by molar-refractivity contribution is 5.94. The Morgan fingerprint density at radius 2 is 1.52 bits per heavy atom. The first kappa shape index (κ1) is 33.1. The van der Waals surface area contributed by atoms with Crippen LogP contribution in [0.2, 0.25) is 0 Å². The lowest BCUT2D eigenvalue weighted by atomic mass is 9.93. The average Bonchev–Trinajstić information content (AvgIpc) is 2.93. The van der Waals surface area contributed by atoms with E-state index in [-0.39, 0.29) is 36.8 Å². The molecule has 0 aliphatic carbocycles. The van der Waals surface area contributed by atoms with Gasteiger partial charge in [0.05, 0.1) is 12.6 Å². The first-order valence-electron chi connectivity index (χ1n) is 14.7. The Morgan fingerprint density at radius 1 is 0.875 bits per heavy atom. The number of aromatic hydroxyl groups is 2. The van der Waals surface area contributed by atoms with Gasteiger partial charge in [-0.2, -0.15) is 0 Å². The molecule has 3 rings (SSSR count). The SMILES string of the molecule is C.CCCCNC(=O)CCCCCCCCCCOCC1Cc2cc(O)ccc2CN1C(=O)c1ccc(O)cc1. The molecule has 3 N–H and O–H groups in total. The molecule has 2 aromatic carbocycles. The van der Waals surface area contributed by atoms with E-state index < -0.39 is 0 Å².